The van der Waals surface area contributed by atoms with Gasteiger partial charge in [-0.15, -0.1) is 22.7 Å². The molecular formula is C56H49Cl2F3N2O6S2. The van der Waals surface area contributed by atoms with E-state index in [0.29, 0.717) is 39.3 Å². The highest BCUT2D eigenvalue weighted by Crippen LogP contribution is 2.44. The van der Waals surface area contributed by atoms with Gasteiger partial charge in [-0.2, -0.15) is 0 Å². The van der Waals surface area contributed by atoms with Gasteiger partial charge in [-0.25, -0.2) is 4.39 Å². The summed E-state index contributed by atoms with van der Waals surface area (Å²) in [4.78, 5) is 32.7. The van der Waals surface area contributed by atoms with Crippen LogP contribution in [-0.4, -0.2) is 97.4 Å². The van der Waals surface area contributed by atoms with E-state index in [1.165, 1.54) is 34.8 Å². The van der Waals surface area contributed by atoms with Crippen molar-refractivity contribution in [3.63, 3.8) is 0 Å². The maximum atomic E-state index is 13.9. The second-order valence-electron chi connectivity index (χ2n) is 18.0. The number of likely N-dealkylation sites (tertiary alicyclic amines) is 2. The number of ether oxygens (including phenoxy) is 2. The Bertz CT molecular complexity index is 3220. The Kier molecular flexibility index (Phi) is 15.4. The molecule has 2 aromatic heterocycles. The maximum Gasteiger partial charge on any atom is 0.205 e. The first kappa shape index (κ1) is 50.0. The van der Waals surface area contributed by atoms with Gasteiger partial charge in [0.2, 0.25) is 11.6 Å². The number of halogens is 5. The average Bonchev–Trinajstić information content (AvgIpc) is 3.89. The molecule has 0 amide bonds. The predicted molar refractivity (Wildman–Crippen MR) is 280 cm³/mol. The summed E-state index contributed by atoms with van der Waals surface area (Å²) in [6.45, 7) is 8.97. The van der Waals surface area contributed by atoms with Crippen molar-refractivity contribution in [3.8, 4) is 45.3 Å². The lowest BCUT2D eigenvalue weighted by molar-refractivity contribution is 0.0668. The molecule has 2 saturated heterocycles. The Morgan fingerprint density at radius 3 is 1.51 bits per heavy atom. The Morgan fingerprint density at radius 2 is 1.07 bits per heavy atom. The molecule has 8 aromatic rings. The summed E-state index contributed by atoms with van der Waals surface area (Å²) in [6, 6.07) is 32.7. The molecule has 366 valence electrons. The highest BCUT2D eigenvalue weighted by Gasteiger charge is 2.28. The molecule has 10 rings (SSSR count). The summed E-state index contributed by atoms with van der Waals surface area (Å²) in [6.07, 6.45) is 0. The zero-order valence-electron chi connectivity index (χ0n) is 38.8. The minimum atomic E-state index is -0.514. The fraction of sp³-hybridized carbons (Fsp3) is 0.250. The van der Waals surface area contributed by atoms with Crippen molar-refractivity contribution < 1.29 is 42.4 Å². The molecule has 0 aliphatic carbocycles. The van der Waals surface area contributed by atoms with Gasteiger partial charge in [0.25, 0.3) is 0 Å². The summed E-state index contributed by atoms with van der Waals surface area (Å²) >= 11 is 15.0. The van der Waals surface area contributed by atoms with Gasteiger partial charge in [-0.05, 0) is 127 Å². The van der Waals surface area contributed by atoms with E-state index >= 15 is 0 Å². The molecule has 8 nitrogen and oxygen atoms in total. The summed E-state index contributed by atoms with van der Waals surface area (Å²) in [5.41, 5.74) is 5.81. The van der Waals surface area contributed by atoms with E-state index < -0.39 is 5.82 Å². The lowest BCUT2D eigenvalue weighted by Gasteiger charge is -2.37. The van der Waals surface area contributed by atoms with E-state index in [1.807, 2.05) is 80.6 Å². The topological polar surface area (TPSA) is 99.5 Å². The van der Waals surface area contributed by atoms with Gasteiger partial charge >= 0.3 is 0 Å². The molecule has 4 heterocycles. The molecule has 2 N–H and O–H groups in total. The number of carbonyl (C=O) groups is 2. The largest absolute Gasteiger partial charge is 0.508 e. The third-order valence-corrected chi connectivity index (χ3v) is 15.6. The number of hydrogen-bond acceptors (Lipinski definition) is 10. The summed E-state index contributed by atoms with van der Waals surface area (Å²) in [7, 11) is 0. The van der Waals surface area contributed by atoms with Crippen LogP contribution < -0.4 is 9.47 Å². The molecule has 2 fully saturated rings. The molecule has 15 heteroatoms. The van der Waals surface area contributed by atoms with E-state index in [2.05, 4.69) is 9.80 Å². The average molecular weight is 1040 g/mol. The molecule has 2 aliphatic rings. The lowest BCUT2D eigenvalue weighted by atomic mass is 9.94. The number of hydrogen-bond donors (Lipinski definition) is 2. The molecule has 2 aliphatic heterocycles. The van der Waals surface area contributed by atoms with Crippen molar-refractivity contribution >= 4 is 77.6 Å². The number of fused-ring (bicyclic) bond motifs is 2. The molecule has 0 spiro atoms. The summed E-state index contributed by atoms with van der Waals surface area (Å²) in [5, 5.41) is 22.4. The van der Waals surface area contributed by atoms with Crippen LogP contribution in [0.2, 0.25) is 10.0 Å². The number of aryl methyl sites for hydroxylation is 2. The van der Waals surface area contributed by atoms with Crippen molar-refractivity contribution in [2.75, 3.05) is 65.8 Å². The Morgan fingerprint density at radius 1 is 0.620 bits per heavy atom. The Hall–Kier alpha value is -5.93. The quantitative estimate of drug-likeness (QED) is 0.0924. The lowest BCUT2D eigenvalue weighted by Crippen LogP contribution is -2.49. The van der Waals surface area contributed by atoms with E-state index in [4.69, 9.17) is 32.7 Å². The van der Waals surface area contributed by atoms with Crippen LogP contribution in [0.3, 0.4) is 0 Å². The third kappa shape index (κ3) is 11.1. The van der Waals surface area contributed by atoms with E-state index in [9.17, 15) is 33.0 Å². The predicted octanol–water partition coefficient (Wildman–Crippen LogP) is 13.6. The first-order valence-electron chi connectivity index (χ1n) is 23.1. The van der Waals surface area contributed by atoms with Crippen molar-refractivity contribution in [2.24, 2.45) is 11.8 Å². The maximum absolute atomic E-state index is 13.9. The van der Waals surface area contributed by atoms with Crippen molar-refractivity contribution in [2.45, 2.75) is 13.8 Å². The SMILES string of the molecule is Cc1cc(Cl)cc(C)c1C(=O)c1sc2cc(O)ccc2c1-c1ccc(OCCN2CC(CF)C2)cc1.O=C(c1ccc(F)cc1Cl)c1sc2cc(O)ccc2c1-c1ccc(OCCN2CC(CF)C2)cc1. The van der Waals surface area contributed by atoms with Gasteiger partial charge in [0.05, 0.1) is 28.1 Å². The minimum Gasteiger partial charge on any atom is -0.508 e. The number of nitrogens with zero attached hydrogens (tertiary/aromatic N) is 2. The highest BCUT2D eigenvalue weighted by atomic mass is 35.5. The van der Waals surface area contributed by atoms with E-state index in [-0.39, 0.29) is 58.8 Å². The Balaban J connectivity index is 0.000000176. The van der Waals surface area contributed by atoms with Crippen LogP contribution in [0, 0.1) is 31.5 Å². The van der Waals surface area contributed by atoms with Crippen LogP contribution >= 0.6 is 45.9 Å². The fourth-order valence-electron chi connectivity index (χ4n) is 9.18. The van der Waals surface area contributed by atoms with Crippen LogP contribution in [0.5, 0.6) is 23.0 Å². The van der Waals surface area contributed by atoms with Gasteiger partial charge in [0.1, 0.15) is 42.0 Å². The minimum absolute atomic E-state index is 0.0463. The van der Waals surface area contributed by atoms with Crippen LogP contribution in [0.25, 0.3) is 42.4 Å². The van der Waals surface area contributed by atoms with Crippen LogP contribution in [0.4, 0.5) is 13.2 Å². The van der Waals surface area contributed by atoms with Crippen molar-refractivity contribution in [3.05, 3.63) is 163 Å². The number of thiophene rings is 2. The normalized spacial score (nSPS) is 14.2. The number of rotatable bonds is 16. The molecule has 71 heavy (non-hydrogen) atoms. The number of phenolic OH excluding ortho intramolecular Hbond substituents is 2. The van der Waals surface area contributed by atoms with Gasteiger partial charge < -0.3 is 19.7 Å². The zero-order valence-corrected chi connectivity index (χ0v) is 42.0. The molecule has 0 bridgehead atoms. The highest BCUT2D eigenvalue weighted by molar-refractivity contribution is 7.22. The number of carbonyl (C=O) groups excluding carboxylic acids is 2. The van der Waals surface area contributed by atoms with E-state index in [0.717, 1.165) is 105 Å². The van der Waals surface area contributed by atoms with Crippen LogP contribution in [0.15, 0.2) is 115 Å². The van der Waals surface area contributed by atoms with E-state index in [1.54, 1.807) is 30.3 Å². The second kappa shape index (κ2) is 21.8. The van der Waals surface area contributed by atoms with Crippen LogP contribution in [-0.2, 0) is 0 Å². The molecule has 0 radical (unpaired) electrons. The monoisotopic (exact) mass is 1040 g/mol. The molecule has 0 atom stereocenters. The van der Waals surface area contributed by atoms with Crippen LogP contribution in [0.1, 0.15) is 41.6 Å². The first-order chi connectivity index (χ1) is 34.3. The smallest absolute Gasteiger partial charge is 0.205 e. The fourth-order valence-corrected chi connectivity index (χ4v) is 12.2. The number of benzene rings is 6. The van der Waals surface area contributed by atoms with Gasteiger partial charge in [-0.1, -0.05) is 47.5 Å². The number of alkyl halides is 2. The summed E-state index contributed by atoms with van der Waals surface area (Å²) in [5.74, 6) is 1.15. The number of phenols is 2. The molecule has 0 saturated carbocycles. The van der Waals surface area contributed by atoms with Crippen molar-refractivity contribution in [1.82, 2.24) is 9.80 Å². The number of ketones is 2. The third-order valence-electron chi connectivity index (χ3n) is 12.8. The van der Waals surface area contributed by atoms with Crippen molar-refractivity contribution in [1.29, 1.82) is 0 Å². The molecule has 0 unspecified atom stereocenters. The second-order valence-corrected chi connectivity index (χ2v) is 20.9. The molecular weight excluding hydrogens is 989 g/mol. The standard InChI is InChI=1S/C29H27ClFNO3S.C27H22ClF2NO3S/c1-17-11-21(30)12-18(2)26(17)28(34)29-27(24-8-5-22(33)13-25(24)36-29)20-3-6-23(7-4-20)35-10-9-32-15-19(14-31)16-32;28-23-11-18(30)3-7-21(23)26(33)27-25(22-8-4-19(32)12-24(22)35-27)17-1-5-20(6-2-17)34-10-9-31-14-16(13-29)15-31/h3-8,11-13,19,33H,9-10,14-16H2,1-2H3;1-8,11-12,16,32H,9-10,13-15H2. The zero-order chi connectivity index (χ0) is 49.9. The first-order valence-corrected chi connectivity index (χ1v) is 25.5. The Labute approximate surface area is 427 Å². The summed E-state index contributed by atoms with van der Waals surface area (Å²) < 4.78 is 52.1. The van der Waals surface area contributed by atoms with Gasteiger partial charge in [-0.3, -0.25) is 28.2 Å². The molecule has 6 aromatic carbocycles. The van der Waals surface area contributed by atoms with Gasteiger partial charge in [0, 0.05) is 98.6 Å². The number of aromatic hydroxyl groups is 2. The van der Waals surface area contributed by atoms with Gasteiger partial charge in [0.15, 0.2) is 0 Å².